The second-order valence-corrected chi connectivity index (χ2v) is 9.00. The number of hydrogen-bond donors (Lipinski definition) is 2. The molecule has 0 saturated heterocycles. The number of ether oxygens (including phenoxy) is 2. The molecule has 37 heavy (non-hydrogen) atoms. The Balaban J connectivity index is 0.000000405. The van der Waals surface area contributed by atoms with Gasteiger partial charge in [-0.15, -0.1) is 0 Å². The lowest BCUT2D eigenvalue weighted by Crippen LogP contribution is -2.21. The number of carboxylic acid groups (broad SMARTS) is 1. The Hall–Kier alpha value is -4.02. The van der Waals surface area contributed by atoms with Gasteiger partial charge in [0.1, 0.15) is 5.82 Å². The van der Waals surface area contributed by atoms with Crippen molar-refractivity contribution >= 4 is 23.4 Å². The van der Waals surface area contributed by atoms with E-state index in [1.807, 2.05) is 6.07 Å². The molecule has 0 aliphatic carbocycles. The smallest absolute Gasteiger partial charge is 0.475 e. The molecule has 0 bridgehead atoms. The minimum atomic E-state index is -5.08. The monoisotopic (exact) mass is 516 g/mol. The van der Waals surface area contributed by atoms with Crippen LogP contribution in [0, 0.1) is 27.7 Å². The van der Waals surface area contributed by atoms with Crippen molar-refractivity contribution in [2.24, 2.45) is 0 Å². The fourth-order valence-electron chi connectivity index (χ4n) is 4.45. The fourth-order valence-corrected chi connectivity index (χ4v) is 4.45. The summed E-state index contributed by atoms with van der Waals surface area (Å²) in [7, 11) is 0. The van der Waals surface area contributed by atoms with Gasteiger partial charge in [-0.05, 0) is 62.9 Å². The van der Waals surface area contributed by atoms with E-state index < -0.39 is 12.1 Å². The van der Waals surface area contributed by atoms with Crippen LogP contribution in [-0.2, 0) is 17.8 Å². The number of aryl methyl sites for hydroxylation is 4. The molecule has 8 nitrogen and oxygen atoms in total. The van der Waals surface area contributed by atoms with Crippen molar-refractivity contribution in [3.05, 3.63) is 63.8 Å². The number of halogens is 3. The first kappa shape index (κ1) is 26.1. The average Bonchev–Trinajstić information content (AvgIpc) is 3.43. The normalized spacial score (nSPS) is 13.6. The van der Waals surface area contributed by atoms with Crippen LogP contribution in [0.15, 0.2) is 30.3 Å². The van der Waals surface area contributed by atoms with Crippen LogP contribution in [-0.4, -0.2) is 40.6 Å². The van der Waals surface area contributed by atoms with Gasteiger partial charge in [0, 0.05) is 30.0 Å². The van der Waals surface area contributed by atoms with Crippen molar-refractivity contribution in [3.63, 3.8) is 0 Å². The SMILES string of the molecule is Cc1cc(C)c(Nc2nc(C)c3c(n2)N(Cc2ccc4c(c2)OCO4)CC3)c(C)c1.O=C(O)C(F)(F)F. The first-order valence-electron chi connectivity index (χ1n) is 11.6. The van der Waals surface area contributed by atoms with Gasteiger partial charge in [-0.2, -0.15) is 18.2 Å². The zero-order valence-corrected chi connectivity index (χ0v) is 20.9. The minimum absolute atomic E-state index is 0.296. The molecule has 3 heterocycles. The highest BCUT2D eigenvalue weighted by molar-refractivity contribution is 5.73. The number of aromatic nitrogens is 2. The van der Waals surface area contributed by atoms with Gasteiger partial charge in [0.15, 0.2) is 11.5 Å². The maximum absolute atomic E-state index is 10.6. The number of fused-ring (bicyclic) bond motifs is 2. The third-order valence-electron chi connectivity index (χ3n) is 6.09. The molecule has 0 amide bonds. The number of rotatable bonds is 4. The van der Waals surface area contributed by atoms with Crippen LogP contribution in [0.4, 0.5) is 30.6 Å². The second-order valence-electron chi connectivity index (χ2n) is 9.00. The van der Waals surface area contributed by atoms with Crippen molar-refractivity contribution in [1.82, 2.24) is 9.97 Å². The van der Waals surface area contributed by atoms with Crippen molar-refractivity contribution < 1.29 is 32.5 Å². The fraction of sp³-hybridized carbons (Fsp3) is 0.346. The highest BCUT2D eigenvalue weighted by Gasteiger charge is 2.38. The van der Waals surface area contributed by atoms with Crippen LogP contribution < -0.4 is 19.7 Å². The summed E-state index contributed by atoms with van der Waals surface area (Å²) in [6.07, 6.45) is -4.12. The summed E-state index contributed by atoms with van der Waals surface area (Å²) in [6, 6.07) is 10.5. The quantitative estimate of drug-likeness (QED) is 0.477. The third kappa shape index (κ3) is 5.87. The summed E-state index contributed by atoms with van der Waals surface area (Å²) in [4.78, 5) is 20.9. The van der Waals surface area contributed by atoms with Gasteiger partial charge in [0.2, 0.25) is 12.7 Å². The van der Waals surface area contributed by atoms with Gasteiger partial charge < -0.3 is 24.8 Å². The molecule has 2 aliphatic rings. The number of nitrogens with zero attached hydrogens (tertiary/aromatic N) is 3. The molecule has 2 N–H and O–H groups in total. The van der Waals surface area contributed by atoms with E-state index in [4.69, 9.17) is 29.3 Å². The lowest BCUT2D eigenvalue weighted by atomic mass is 10.1. The average molecular weight is 517 g/mol. The molecule has 0 saturated carbocycles. The summed E-state index contributed by atoms with van der Waals surface area (Å²) in [5.41, 5.74) is 8.20. The van der Waals surface area contributed by atoms with E-state index in [9.17, 15) is 13.2 Å². The molecule has 2 aliphatic heterocycles. The van der Waals surface area contributed by atoms with Gasteiger partial charge in [0.05, 0.1) is 0 Å². The molecule has 0 fully saturated rings. The Morgan fingerprint density at radius 2 is 1.70 bits per heavy atom. The second kappa shape index (κ2) is 10.2. The molecule has 5 rings (SSSR count). The van der Waals surface area contributed by atoms with Crippen LogP contribution in [0.1, 0.15) is 33.5 Å². The lowest BCUT2D eigenvalue weighted by molar-refractivity contribution is -0.192. The van der Waals surface area contributed by atoms with Gasteiger partial charge in [-0.1, -0.05) is 23.8 Å². The third-order valence-corrected chi connectivity index (χ3v) is 6.09. The predicted molar refractivity (Wildman–Crippen MR) is 132 cm³/mol. The zero-order valence-electron chi connectivity index (χ0n) is 20.9. The van der Waals surface area contributed by atoms with Crippen molar-refractivity contribution in [1.29, 1.82) is 0 Å². The molecule has 0 unspecified atom stereocenters. The number of aliphatic carboxylic acids is 1. The Labute approximate surface area is 212 Å². The molecule has 1 aromatic heterocycles. The van der Waals surface area contributed by atoms with Gasteiger partial charge in [-0.25, -0.2) is 9.78 Å². The molecule has 0 spiro atoms. The molecule has 2 aromatic carbocycles. The Bertz CT molecular complexity index is 1320. The number of anilines is 3. The maximum atomic E-state index is 10.6. The highest BCUT2D eigenvalue weighted by atomic mass is 19.4. The summed E-state index contributed by atoms with van der Waals surface area (Å²) in [5, 5.41) is 10.6. The summed E-state index contributed by atoms with van der Waals surface area (Å²) in [5.74, 6) is 0.545. The number of carboxylic acids is 1. The number of carbonyl (C=O) groups is 1. The van der Waals surface area contributed by atoms with Crippen LogP contribution in [0.2, 0.25) is 0 Å². The van der Waals surface area contributed by atoms with Crippen molar-refractivity contribution in [3.8, 4) is 11.5 Å². The minimum Gasteiger partial charge on any atom is -0.475 e. The van der Waals surface area contributed by atoms with Crippen LogP contribution in [0.25, 0.3) is 0 Å². The van der Waals surface area contributed by atoms with E-state index in [0.717, 1.165) is 48.2 Å². The van der Waals surface area contributed by atoms with Gasteiger partial charge in [-0.3, -0.25) is 0 Å². The van der Waals surface area contributed by atoms with E-state index in [-0.39, 0.29) is 0 Å². The first-order chi connectivity index (χ1) is 17.4. The summed E-state index contributed by atoms with van der Waals surface area (Å²) >= 11 is 0. The maximum Gasteiger partial charge on any atom is 0.490 e. The largest absolute Gasteiger partial charge is 0.490 e. The van der Waals surface area contributed by atoms with Crippen LogP contribution in [0.5, 0.6) is 11.5 Å². The molecule has 3 aromatic rings. The number of benzene rings is 2. The van der Waals surface area contributed by atoms with E-state index in [0.29, 0.717) is 12.7 Å². The molecule has 11 heteroatoms. The van der Waals surface area contributed by atoms with E-state index in [1.165, 1.54) is 27.8 Å². The Kier molecular flexibility index (Phi) is 7.15. The first-order valence-corrected chi connectivity index (χ1v) is 11.6. The van der Waals surface area contributed by atoms with Crippen molar-refractivity contribution in [2.45, 2.75) is 46.8 Å². The van der Waals surface area contributed by atoms with Crippen molar-refractivity contribution in [2.75, 3.05) is 23.6 Å². The van der Waals surface area contributed by atoms with Crippen LogP contribution >= 0.6 is 0 Å². The van der Waals surface area contributed by atoms with E-state index in [2.05, 4.69) is 62.2 Å². The molecular weight excluding hydrogens is 489 g/mol. The molecule has 196 valence electrons. The standard InChI is InChI=1S/C24H26N4O2.C2HF3O2/c1-14-9-15(2)22(16(3)10-14)26-24-25-17(4)19-7-8-28(23(19)27-24)12-18-5-6-20-21(11-18)30-13-29-20;3-2(4,5)1(6)7/h5-6,9-11H,7-8,12-13H2,1-4H3,(H,25,26,27);(H,6,7). The summed E-state index contributed by atoms with van der Waals surface area (Å²) < 4.78 is 42.7. The Morgan fingerprint density at radius 3 is 2.35 bits per heavy atom. The topological polar surface area (TPSA) is 96.8 Å². The summed E-state index contributed by atoms with van der Waals surface area (Å²) in [6.45, 7) is 10.4. The van der Waals surface area contributed by atoms with E-state index >= 15 is 0 Å². The van der Waals surface area contributed by atoms with Gasteiger partial charge >= 0.3 is 12.1 Å². The Morgan fingerprint density at radius 1 is 1.05 bits per heavy atom. The number of hydrogen-bond acceptors (Lipinski definition) is 7. The lowest BCUT2D eigenvalue weighted by Gasteiger charge is -2.20. The van der Waals surface area contributed by atoms with Crippen LogP contribution in [0.3, 0.4) is 0 Å². The number of nitrogens with one attached hydrogen (secondary N) is 1. The van der Waals surface area contributed by atoms with Gasteiger partial charge in [0.25, 0.3) is 0 Å². The molecule has 0 atom stereocenters. The molecular formula is C26H27F3N4O4. The highest BCUT2D eigenvalue weighted by Crippen LogP contribution is 2.35. The zero-order chi connectivity index (χ0) is 26.9. The van der Waals surface area contributed by atoms with E-state index in [1.54, 1.807) is 0 Å². The number of alkyl halides is 3. The predicted octanol–water partition coefficient (Wildman–Crippen LogP) is 5.38. The molecule has 0 radical (unpaired) electrons.